The van der Waals surface area contributed by atoms with Gasteiger partial charge in [0.05, 0.1) is 26.3 Å². The van der Waals surface area contributed by atoms with Crippen LogP contribution in [0.4, 0.5) is 4.79 Å². The smallest absolute Gasteiger partial charge is 0.410 e. The summed E-state index contributed by atoms with van der Waals surface area (Å²) >= 11 is 0. The molecule has 7 heteroatoms. The van der Waals surface area contributed by atoms with Gasteiger partial charge in [-0.05, 0) is 5.56 Å². The van der Waals surface area contributed by atoms with Crippen molar-refractivity contribution in [3.63, 3.8) is 0 Å². The van der Waals surface area contributed by atoms with E-state index in [1.807, 2.05) is 30.3 Å². The Balaban J connectivity index is 1.59. The van der Waals surface area contributed by atoms with Gasteiger partial charge in [-0.2, -0.15) is 0 Å². The zero-order valence-electron chi connectivity index (χ0n) is 12.8. The quantitative estimate of drug-likeness (QED) is 0.861. The molecule has 2 fully saturated rings. The molecule has 2 aliphatic heterocycles. The van der Waals surface area contributed by atoms with E-state index in [-0.39, 0.29) is 19.1 Å². The lowest BCUT2D eigenvalue weighted by Gasteiger charge is -2.37. The maximum atomic E-state index is 12.3. The average molecular weight is 320 g/mol. The molecule has 2 aliphatic rings. The van der Waals surface area contributed by atoms with Crippen molar-refractivity contribution in [2.45, 2.75) is 12.2 Å². The van der Waals surface area contributed by atoms with Crippen LogP contribution in [-0.4, -0.2) is 62.0 Å². The molecule has 3 rings (SSSR count). The van der Waals surface area contributed by atoms with Crippen LogP contribution in [0.15, 0.2) is 30.3 Å². The van der Waals surface area contributed by atoms with E-state index < -0.39 is 11.7 Å². The van der Waals surface area contributed by atoms with Gasteiger partial charge in [-0.25, -0.2) is 4.79 Å². The number of ether oxygens (including phenoxy) is 3. The molecular formula is C16H20N2O5. The molecule has 2 heterocycles. The summed E-state index contributed by atoms with van der Waals surface area (Å²) in [5.41, 5.74) is 0.235. The zero-order valence-corrected chi connectivity index (χ0v) is 12.8. The summed E-state index contributed by atoms with van der Waals surface area (Å²) in [7, 11) is 0. The number of hydrogen-bond acceptors (Lipinski definition) is 5. The SMILES string of the molecule is O=C1COC2(CN1)COCCN(C(=O)OCc1ccccc1)C2. The summed E-state index contributed by atoms with van der Waals surface area (Å²) in [5, 5.41) is 2.76. The number of carbonyl (C=O) groups is 2. The second kappa shape index (κ2) is 6.97. The third-order valence-electron chi connectivity index (χ3n) is 3.93. The highest BCUT2D eigenvalue weighted by Gasteiger charge is 2.41. The fraction of sp³-hybridized carbons (Fsp3) is 0.500. The highest BCUT2D eigenvalue weighted by atomic mass is 16.6. The van der Waals surface area contributed by atoms with Crippen molar-refractivity contribution in [1.29, 1.82) is 0 Å². The Hall–Kier alpha value is -2.12. The summed E-state index contributed by atoms with van der Waals surface area (Å²) in [6.07, 6.45) is -0.403. The van der Waals surface area contributed by atoms with Crippen LogP contribution in [0.2, 0.25) is 0 Å². The van der Waals surface area contributed by atoms with E-state index >= 15 is 0 Å². The summed E-state index contributed by atoms with van der Waals surface area (Å²) in [6, 6.07) is 9.52. The van der Waals surface area contributed by atoms with Crippen molar-refractivity contribution in [2.75, 3.05) is 39.5 Å². The Bertz CT molecular complexity index is 553. The van der Waals surface area contributed by atoms with Gasteiger partial charge in [-0.15, -0.1) is 0 Å². The normalized spacial score (nSPS) is 24.9. The van der Waals surface area contributed by atoms with Gasteiger partial charge in [0.15, 0.2) is 0 Å². The van der Waals surface area contributed by atoms with Gasteiger partial charge in [0.25, 0.3) is 0 Å². The van der Waals surface area contributed by atoms with Gasteiger partial charge in [0, 0.05) is 6.54 Å². The summed E-state index contributed by atoms with van der Waals surface area (Å²) in [5.74, 6) is -0.155. The lowest BCUT2D eigenvalue weighted by atomic mass is 10.0. The van der Waals surface area contributed by atoms with E-state index in [9.17, 15) is 9.59 Å². The van der Waals surface area contributed by atoms with Crippen molar-refractivity contribution in [3.8, 4) is 0 Å². The van der Waals surface area contributed by atoms with E-state index in [0.29, 0.717) is 32.8 Å². The first-order chi connectivity index (χ1) is 11.2. The standard InChI is InChI=1S/C16H20N2O5/c19-14-9-23-16(10-17-14)11-18(6-7-21-12-16)15(20)22-8-13-4-2-1-3-5-13/h1-5H,6-12H2,(H,17,19). The lowest BCUT2D eigenvalue weighted by molar-refractivity contribution is -0.151. The molecule has 1 aromatic carbocycles. The van der Waals surface area contributed by atoms with Crippen LogP contribution in [-0.2, 0) is 25.6 Å². The van der Waals surface area contributed by atoms with Crippen molar-refractivity contribution in [1.82, 2.24) is 10.2 Å². The van der Waals surface area contributed by atoms with E-state index in [4.69, 9.17) is 14.2 Å². The van der Waals surface area contributed by atoms with E-state index in [1.165, 1.54) is 0 Å². The number of morpholine rings is 1. The zero-order chi connectivity index (χ0) is 16.1. The molecule has 1 atom stereocenters. The molecule has 124 valence electrons. The largest absolute Gasteiger partial charge is 0.445 e. The van der Waals surface area contributed by atoms with Gasteiger partial charge < -0.3 is 24.4 Å². The summed E-state index contributed by atoms with van der Waals surface area (Å²) in [4.78, 5) is 25.2. The minimum Gasteiger partial charge on any atom is -0.445 e. The number of hydrogen-bond donors (Lipinski definition) is 1. The Morgan fingerprint density at radius 2 is 2.17 bits per heavy atom. The first-order valence-corrected chi connectivity index (χ1v) is 7.61. The molecular weight excluding hydrogens is 300 g/mol. The number of carbonyl (C=O) groups excluding carboxylic acids is 2. The van der Waals surface area contributed by atoms with Gasteiger partial charge >= 0.3 is 6.09 Å². The molecule has 2 amide bonds. The van der Waals surface area contributed by atoms with Crippen LogP contribution < -0.4 is 5.32 Å². The first kappa shape index (κ1) is 15.8. The molecule has 0 radical (unpaired) electrons. The maximum Gasteiger partial charge on any atom is 0.410 e. The Labute approximate surface area is 134 Å². The minimum absolute atomic E-state index is 0.0176. The molecule has 23 heavy (non-hydrogen) atoms. The number of nitrogens with one attached hydrogen (secondary N) is 1. The van der Waals surface area contributed by atoms with E-state index in [1.54, 1.807) is 4.90 Å². The number of benzene rings is 1. The average Bonchev–Trinajstić information content (AvgIpc) is 2.80. The van der Waals surface area contributed by atoms with Crippen LogP contribution in [0.1, 0.15) is 5.56 Å². The fourth-order valence-corrected chi connectivity index (χ4v) is 2.65. The van der Waals surface area contributed by atoms with Crippen molar-refractivity contribution < 1.29 is 23.8 Å². The molecule has 2 saturated heterocycles. The number of nitrogens with zero attached hydrogens (tertiary/aromatic N) is 1. The molecule has 1 unspecified atom stereocenters. The maximum absolute atomic E-state index is 12.3. The van der Waals surface area contributed by atoms with Crippen LogP contribution in [0.3, 0.4) is 0 Å². The predicted octanol–water partition coefficient (Wildman–Crippen LogP) is 0.541. The van der Waals surface area contributed by atoms with Crippen molar-refractivity contribution in [2.24, 2.45) is 0 Å². The third-order valence-corrected chi connectivity index (χ3v) is 3.93. The number of amides is 2. The molecule has 0 aliphatic carbocycles. The van der Waals surface area contributed by atoms with Crippen molar-refractivity contribution in [3.05, 3.63) is 35.9 Å². The summed E-state index contributed by atoms with van der Waals surface area (Å²) < 4.78 is 16.6. The monoisotopic (exact) mass is 320 g/mol. The van der Waals surface area contributed by atoms with Crippen LogP contribution in [0.5, 0.6) is 0 Å². The van der Waals surface area contributed by atoms with Crippen LogP contribution >= 0.6 is 0 Å². The van der Waals surface area contributed by atoms with Crippen LogP contribution in [0.25, 0.3) is 0 Å². The minimum atomic E-state index is -0.698. The topological polar surface area (TPSA) is 77.1 Å². The van der Waals surface area contributed by atoms with Crippen LogP contribution in [0, 0.1) is 0 Å². The van der Waals surface area contributed by atoms with E-state index in [0.717, 1.165) is 5.56 Å². The lowest BCUT2D eigenvalue weighted by Crippen LogP contribution is -2.59. The molecule has 7 nitrogen and oxygen atoms in total. The number of rotatable bonds is 2. The molecule has 0 aromatic heterocycles. The van der Waals surface area contributed by atoms with E-state index in [2.05, 4.69) is 5.32 Å². The Morgan fingerprint density at radius 3 is 2.91 bits per heavy atom. The van der Waals surface area contributed by atoms with Gasteiger partial charge in [-0.1, -0.05) is 30.3 Å². The fourth-order valence-electron chi connectivity index (χ4n) is 2.65. The Kier molecular flexibility index (Phi) is 4.78. The second-order valence-corrected chi connectivity index (χ2v) is 5.76. The first-order valence-electron chi connectivity index (χ1n) is 7.61. The Morgan fingerprint density at radius 1 is 1.35 bits per heavy atom. The molecule has 1 aromatic rings. The van der Waals surface area contributed by atoms with Gasteiger partial charge in [-0.3, -0.25) is 4.79 Å². The van der Waals surface area contributed by atoms with Gasteiger partial charge in [0.2, 0.25) is 5.91 Å². The predicted molar refractivity (Wildman–Crippen MR) is 80.7 cm³/mol. The highest BCUT2D eigenvalue weighted by molar-refractivity contribution is 5.78. The molecule has 1 spiro atoms. The molecule has 0 saturated carbocycles. The molecule has 0 bridgehead atoms. The highest BCUT2D eigenvalue weighted by Crippen LogP contribution is 2.20. The summed E-state index contributed by atoms with van der Waals surface area (Å²) in [6.45, 7) is 2.06. The van der Waals surface area contributed by atoms with Crippen molar-refractivity contribution >= 4 is 12.0 Å². The second-order valence-electron chi connectivity index (χ2n) is 5.76. The molecule has 1 N–H and O–H groups in total. The third kappa shape index (κ3) is 4.00. The van der Waals surface area contributed by atoms with Gasteiger partial charge in [0.1, 0.15) is 18.8 Å².